The van der Waals surface area contributed by atoms with Crippen LogP contribution in [0.4, 0.5) is 4.39 Å². The maximum Gasteiger partial charge on any atom is 0.206 e. The van der Waals surface area contributed by atoms with Crippen molar-refractivity contribution in [2.75, 3.05) is 13.3 Å². The Kier molecular flexibility index (Phi) is 8.71. The van der Waals surface area contributed by atoms with E-state index < -0.39 is 14.7 Å². The fraction of sp³-hybridized carbons (Fsp3) is 0.483. The second-order valence-corrected chi connectivity index (χ2v) is 16.7. The number of nitrogens with zero attached hydrogens (tertiary/aromatic N) is 4. The van der Waals surface area contributed by atoms with E-state index in [1.807, 2.05) is 18.3 Å². The van der Waals surface area contributed by atoms with Crippen molar-refractivity contribution in [2.45, 2.75) is 70.9 Å². The summed E-state index contributed by atoms with van der Waals surface area (Å²) >= 11 is 0. The average Bonchev–Trinajstić information content (AvgIpc) is 3.28. The van der Waals surface area contributed by atoms with Gasteiger partial charge in [0.2, 0.25) is 5.82 Å². The van der Waals surface area contributed by atoms with Crippen LogP contribution in [0.5, 0.6) is 0 Å². The summed E-state index contributed by atoms with van der Waals surface area (Å²) in [5.41, 5.74) is 4.29. The highest BCUT2D eigenvalue weighted by molar-refractivity contribution is 6.76. The van der Waals surface area contributed by atoms with Crippen molar-refractivity contribution in [1.82, 2.24) is 19.7 Å². The van der Waals surface area contributed by atoms with Crippen LogP contribution in [-0.2, 0) is 11.5 Å². The third-order valence-corrected chi connectivity index (χ3v) is 8.55. The third-order valence-electron chi connectivity index (χ3n) is 6.85. The number of hydrogen-bond donors (Lipinski definition) is 0. The molecule has 0 N–H and O–H groups in total. The molecule has 0 unspecified atom stereocenters. The lowest BCUT2D eigenvalue weighted by atomic mass is 9.81. The first-order valence-electron chi connectivity index (χ1n) is 13.0. The highest BCUT2D eigenvalue weighted by atomic mass is 28.3. The maximum atomic E-state index is 12.7. The lowest BCUT2D eigenvalue weighted by molar-refractivity contribution is 0.0778. The Balaban J connectivity index is 1.45. The molecule has 4 rings (SSSR count). The van der Waals surface area contributed by atoms with E-state index in [4.69, 9.17) is 9.72 Å². The quantitative estimate of drug-likeness (QED) is 0.190. The summed E-state index contributed by atoms with van der Waals surface area (Å²) in [5, 5.41) is 4.59. The van der Waals surface area contributed by atoms with E-state index in [1.54, 1.807) is 4.68 Å². The van der Waals surface area contributed by atoms with Crippen LogP contribution in [0, 0.1) is 17.8 Å². The van der Waals surface area contributed by atoms with Gasteiger partial charge in [-0.05, 0) is 42.4 Å². The SMILES string of the molecule is CC1CCC(c2ccc(-c3ccc(-c4nc(C#CCF)n(COCC[Si](C)(C)C)n4)cc3)cn2)CC1. The van der Waals surface area contributed by atoms with Crippen LogP contribution in [-0.4, -0.2) is 41.1 Å². The number of rotatable bonds is 8. The van der Waals surface area contributed by atoms with Crippen molar-refractivity contribution >= 4 is 8.07 Å². The zero-order valence-corrected chi connectivity index (χ0v) is 22.9. The van der Waals surface area contributed by atoms with E-state index in [2.05, 4.69) is 72.8 Å². The minimum atomic E-state index is -1.18. The van der Waals surface area contributed by atoms with Gasteiger partial charge >= 0.3 is 0 Å². The van der Waals surface area contributed by atoms with E-state index in [0.717, 1.165) is 28.7 Å². The molecule has 0 aliphatic heterocycles. The van der Waals surface area contributed by atoms with Crippen LogP contribution in [0.1, 0.15) is 50.0 Å². The van der Waals surface area contributed by atoms with Crippen LogP contribution in [0.15, 0.2) is 42.6 Å². The fourth-order valence-corrected chi connectivity index (χ4v) is 5.23. The number of hydrogen-bond acceptors (Lipinski definition) is 4. The molecule has 0 spiro atoms. The molecule has 1 aliphatic carbocycles. The van der Waals surface area contributed by atoms with Gasteiger partial charge in [-0.15, -0.1) is 5.10 Å². The molecule has 0 amide bonds. The molecular weight excluding hydrogens is 467 g/mol. The largest absolute Gasteiger partial charge is 0.359 e. The number of benzene rings is 1. The molecule has 1 saturated carbocycles. The van der Waals surface area contributed by atoms with Crippen molar-refractivity contribution in [3.63, 3.8) is 0 Å². The highest BCUT2D eigenvalue weighted by Crippen LogP contribution is 2.35. The fourth-order valence-electron chi connectivity index (χ4n) is 4.47. The molecule has 3 aromatic rings. The number of aromatic nitrogens is 4. The van der Waals surface area contributed by atoms with Crippen LogP contribution < -0.4 is 0 Å². The summed E-state index contributed by atoms with van der Waals surface area (Å²) in [5.74, 6) is 7.62. The molecule has 0 radical (unpaired) electrons. The topological polar surface area (TPSA) is 52.8 Å². The van der Waals surface area contributed by atoms with Gasteiger partial charge in [0.1, 0.15) is 6.73 Å². The molecule has 36 heavy (non-hydrogen) atoms. The first kappa shape index (κ1) is 26.2. The van der Waals surface area contributed by atoms with Gasteiger partial charge in [0.25, 0.3) is 0 Å². The Bertz CT molecular complexity index is 1180. The molecule has 1 fully saturated rings. The number of halogens is 1. The van der Waals surface area contributed by atoms with Gasteiger partial charge < -0.3 is 4.74 Å². The van der Waals surface area contributed by atoms with Gasteiger partial charge in [0.15, 0.2) is 12.5 Å². The van der Waals surface area contributed by atoms with Gasteiger partial charge in [-0.25, -0.2) is 9.07 Å². The zero-order chi connectivity index (χ0) is 25.5. The summed E-state index contributed by atoms with van der Waals surface area (Å²) in [4.78, 5) is 9.34. The van der Waals surface area contributed by atoms with Gasteiger partial charge in [0, 0.05) is 43.6 Å². The minimum absolute atomic E-state index is 0.254. The molecule has 190 valence electrons. The Labute approximate surface area is 215 Å². The average molecular weight is 505 g/mol. The van der Waals surface area contributed by atoms with Crippen molar-refractivity contribution < 1.29 is 9.13 Å². The van der Waals surface area contributed by atoms with Gasteiger partial charge in [-0.1, -0.05) is 75.7 Å². The molecule has 0 bridgehead atoms. The molecule has 1 aliphatic rings. The summed E-state index contributed by atoms with van der Waals surface area (Å²) in [6.07, 6.45) is 7.06. The van der Waals surface area contributed by atoms with Gasteiger partial charge in [-0.3, -0.25) is 4.98 Å². The van der Waals surface area contributed by atoms with Crippen LogP contribution >= 0.6 is 0 Å². The standard InChI is InChI=1S/C29H37FN4OSi/c1-22-7-9-24(10-8-22)27-16-15-26(20-31-27)23-11-13-25(14-12-23)29-32-28(6-5-17-30)34(33-29)21-35-18-19-36(2,3)4/h11-16,20,22,24H,7-10,17-19,21H2,1-4H3. The Morgan fingerprint density at radius 3 is 2.33 bits per heavy atom. The van der Waals surface area contributed by atoms with Gasteiger partial charge in [-0.2, -0.15) is 4.98 Å². The van der Waals surface area contributed by atoms with E-state index in [9.17, 15) is 4.39 Å². The normalized spacial score (nSPS) is 18.0. The highest BCUT2D eigenvalue weighted by Gasteiger charge is 2.20. The minimum Gasteiger partial charge on any atom is -0.359 e. The Morgan fingerprint density at radius 1 is 1.00 bits per heavy atom. The molecular formula is C29H37FN4OSi. The van der Waals surface area contributed by atoms with Crippen LogP contribution in [0.2, 0.25) is 25.7 Å². The number of ether oxygens (including phenoxy) is 1. The molecule has 7 heteroatoms. The Morgan fingerprint density at radius 2 is 1.69 bits per heavy atom. The predicted molar refractivity (Wildman–Crippen MR) is 146 cm³/mol. The molecule has 1 aromatic carbocycles. The monoisotopic (exact) mass is 504 g/mol. The summed E-state index contributed by atoms with van der Waals surface area (Å²) in [6.45, 7) is 9.48. The van der Waals surface area contributed by atoms with E-state index in [0.29, 0.717) is 24.2 Å². The predicted octanol–water partition coefficient (Wildman–Crippen LogP) is 6.93. The van der Waals surface area contributed by atoms with Crippen LogP contribution in [0.25, 0.3) is 22.5 Å². The van der Waals surface area contributed by atoms with Crippen molar-refractivity contribution in [1.29, 1.82) is 0 Å². The third kappa shape index (κ3) is 7.11. The molecule has 0 atom stereocenters. The van der Waals surface area contributed by atoms with Crippen molar-refractivity contribution in [3.8, 4) is 34.4 Å². The summed E-state index contributed by atoms with van der Waals surface area (Å²) in [6, 6.07) is 13.6. The van der Waals surface area contributed by atoms with E-state index >= 15 is 0 Å². The molecule has 5 nitrogen and oxygen atoms in total. The van der Waals surface area contributed by atoms with Crippen LogP contribution in [0.3, 0.4) is 0 Å². The Hall–Kier alpha value is -2.82. The summed E-state index contributed by atoms with van der Waals surface area (Å²) in [7, 11) is -1.18. The van der Waals surface area contributed by atoms with Crippen molar-refractivity contribution in [3.05, 3.63) is 54.1 Å². The maximum absolute atomic E-state index is 12.7. The van der Waals surface area contributed by atoms with E-state index in [1.165, 1.54) is 31.4 Å². The zero-order valence-electron chi connectivity index (χ0n) is 21.9. The lowest BCUT2D eigenvalue weighted by Gasteiger charge is -2.25. The summed E-state index contributed by atoms with van der Waals surface area (Å²) < 4.78 is 20.1. The number of pyridine rings is 1. The van der Waals surface area contributed by atoms with Crippen molar-refractivity contribution in [2.24, 2.45) is 5.92 Å². The smallest absolute Gasteiger partial charge is 0.206 e. The van der Waals surface area contributed by atoms with Gasteiger partial charge in [0.05, 0.1) is 0 Å². The first-order chi connectivity index (χ1) is 17.3. The molecule has 0 saturated heterocycles. The molecule has 2 heterocycles. The molecule has 2 aromatic heterocycles. The first-order valence-corrected chi connectivity index (χ1v) is 16.7. The number of alkyl halides is 1. The second-order valence-electron chi connectivity index (χ2n) is 11.0. The second kappa shape index (κ2) is 11.9. The lowest BCUT2D eigenvalue weighted by Crippen LogP contribution is -2.22. The van der Waals surface area contributed by atoms with E-state index in [-0.39, 0.29) is 6.73 Å².